The lowest BCUT2D eigenvalue weighted by Crippen LogP contribution is -2.33. The molecule has 0 unspecified atom stereocenters. The monoisotopic (exact) mass is 362 g/mol. The molecule has 0 aliphatic carbocycles. The second-order valence-corrected chi connectivity index (χ2v) is 7.75. The van der Waals surface area contributed by atoms with Gasteiger partial charge in [-0.15, -0.1) is 0 Å². The van der Waals surface area contributed by atoms with Gasteiger partial charge in [0.2, 0.25) is 5.91 Å². The first kappa shape index (κ1) is 19.3. The Morgan fingerprint density at radius 3 is 2.52 bits per heavy atom. The summed E-state index contributed by atoms with van der Waals surface area (Å²) in [5, 5.41) is 3.17. The highest BCUT2D eigenvalue weighted by atomic mass is 32.2. The van der Waals surface area contributed by atoms with E-state index in [9.17, 15) is 9.59 Å². The van der Waals surface area contributed by atoms with Crippen molar-refractivity contribution in [3.05, 3.63) is 23.8 Å². The highest BCUT2D eigenvalue weighted by Gasteiger charge is 2.32. The first-order chi connectivity index (χ1) is 11.7. The van der Waals surface area contributed by atoms with Crippen LogP contribution in [-0.2, 0) is 4.79 Å². The van der Waals surface area contributed by atoms with Crippen molar-refractivity contribution < 1.29 is 9.59 Å². The molecule has 1 heterocycles. The maximum atomic E-state index is 12.5. The van der Waals surface area contributed by atoms with Crippen molar-refractivity contribution in [2.75, 3.05) is 29.6 Å². The number of hydrogen-bond donors (Lipinski definition) is 1. The van der Waals surface area contributed by atoms with Gasteiger partial charge in [0.25, 0.3) is 0 Å². The third-order valence-corrected chi connectivity index (χ3v) is 4.69. The lowest BCUT2D eigenvalue weighted by molar-refractivity contribution is -0.115. The maximum Gasteiger partial charge on any atom is 0.343 e. The number of nitrogens with zero attached hydrogens (tertiary/aromatic N) is 3. The number of thioether (sulfide) groups is 1. The molecule has 3 amide bonds. The van der Waals surface area contributed by atoms with E-state index in [2.05, 4.69) is 24.2 Å². The fourth-order valence-corrected chi connectivity index (χ4v) is 3.40. The molecule has 0 bridgehead atoms. The van der Waals surface area contributed by atoms with Gasteiger partial charge >= 0.3 is 6.03 Å². The molecule has 0 saturated carbocycles. The third-order valence-electron chi connectivity index (χ3n) is 3.77. The Hall–Kier alpha value is -2.02. The molecule has 136 valence electrons. The van der Waals surface area contributed by atoms with Crippen molar-refractivity contribution in [1.82, 2.24) is 5.32 Å². The summed E-state index contributed by atoms with van der Waals surface area (Å²) in [7, 11) is 3.92. The fraction of sp³-hybridized carbons (Fsp3) is 0.500. The number of anilines is 2. The van der Waals surface area contributed by atoms with Crippen LogP contribution in [0.1, 0.15) is 39.2 Å². The summed E-state index contributed by atoms with van der Waals surface area (Å²) in [6.07, 6.45) is 0. The van der Waals surface area contributed by atoms with Crippen molar-refractivity contribution in [1.29, 1.82) is 0 Å². The van der Waals surface area contributed by atoms with E-state index < -0.39 is 6.03 Å². The normalized spacial score (nSPS) is 16.2. The molecule has 2 rings (SSSR count). The van der Waals surface area contributed by atoms with E-state index in [1.807, 2.05) is 51.0 Å². The van der Waals surface area contributed by atoms with Gasteiger partial charge in [0, 0.05) is 25.8 Å². The van der Waals surface area contributed by atoms with Crippen LogP contribution in [-0.4, -0.2) is 43.0 Å². The number of carbonyl (C=O) groups excluding carboxylic acids is 2. The van der Waals surface area contributed by atoms with E-state index in [-0.39, 0.29) is 23.6 Å². The minimum Gasteiger partial charge on any atom is -0.378 e. The molecule has 1 N–H and O–H groups in total. The summed E-state index contributed by atoms with van der Waals surface area (Å²) in [4.78, 5) is 32.2. The fourth-order valence-electron chi connectivity index (χ4n) is 2.54. The maximum absolute atomic E-state index is 12.5. The molecule has 1 aromatic rings. The molecule has 25 heavy (non-hydrogen) atoms. The van der Waals surface area contributed by atoms with Gasteiger partial charge in [0.1, 0.15) is 0 Å². The topological polar surface area (TPSA) is 65.0 Å². The number of hydrogen-bond acceptors (Lipinski definition) is 4. The average molecular weight is 362 g/mol. The van der Waals surface area contributed by atoms with Crippen LogP contribution < -0.4 is 15.1 Å². The molecule has 6 nitrogen and oxygen atoms in total. The number of benzene rings is 1. The van der Waals surface area contributed by atoms with Crippen molar-refractivity contribution in [3.8, 4) is 0 Å². The van der Waals surface area contributed by atoms with Crippen LogP contribution in [0.5, 0.6) is 0 Å². The number of amides is 3. The summed E-state index contributed by atoms with van der Waals surface area (Å²) in [6.45, 7) is 7.93. The molecule has 0 aromatic heterocycles. The van der Waals surface area contributed by atoms with Gasteiger partial charge in [-0.25, -0.2) is 4.79 Å². The zero-order valence-corrected chi connectivity index (χ0v) is 16.5. The summed E-state index contributed by atoms with van der Waals surface area (Å²) >= 11 is 1.30. The first-order valence-corrected chi connectivity index (χ1v) is 9.35. The van der Waals surface area contributed by atoms with E-state index in [1.165, 1.54) is 11.8 Å². The molecule has 0 atom stereocenters. The minimum atomic E-state index is -0.424. The van der Waals surface area contributed by atoms with Gasteiger partial charge in [-0.3, -0.25) is 9.69 Å². The zero-order chi connectivity index (χ0) is 18.7. The molecule has 1 aromatic carbocycles. The van der Waals surface area contributed by atoms with Gasteiger partial charge in [-0.1, -0.05) is 31.7 Å². The van der Waals surface area contributed by atoms with E-state index in [0.29, 0.717) is 5.17 Å². The van der Waals surface area contributed by atoms with E-state index in [4.69, 9.17) is 0 Å². The number of amidine groups is 1. The minimum absolute atomic E-state index is 0.00398. The largest absolute Gasteiger partial charge is 0.378 e. The quantitative estimate of drug-likeness (QED) is 0.891. The van der Waals surface area contributed by atoms with Gasteiger partial charge in [0.15, 0.2) is 5.17 Å². The molecule has 1 saturated heterocycles. The average Bonchev–Trinajstić information content (AvgIpc) is 2.85. The Morgan fingerprint density at radius 1 is 1.28 bits per heavy atom. The van der Waals surface area contributed by atoms with Crippen LogP contribution in [0, 0.1) is 0 Å². The summed E-state index contributed by atoms with van der Waals surface area (Å²) in [5.74, 6) is 0.478. The highest BCUT2D eigenvalue weighted by Crippen LogP contribution is 2.35. The number of nitrogens with one attached hydrogen (secondary N) is 1. The van der Waals surface area contributed by atoms with Crippen molar-refractivity contribution >= 4 is 40.2 Å². The molecule has 7 heteroatoms. The molecule has 1 aliphatic rings. The first-order valence-electron chi connectivity index (χ1n) is 8.37. The molecule has 1 fully saturated rings. The summed E-state index contributed by atoms with van der Waals surface area (Å²) in [5.41, 5.74) is 2.85. The number of aliphatic imine (C=N–C) groups is 1. The third kappa shape index (κ3) is 4.54. The van der Waals surface area contributed by atoms with Gasteiger partial charge in [0.05, 0.1) is 11.4 Å². The number of carbonyl (C=O) groups is 2. The standard InChI is InChI=1S/C18H26N4O2S/c1-11(2)14-8-7-13(21(5)6)9-15(14)22-16(23)10-25-18(22)20-17(24)19-12(3)4/h7-9,11-12H,10H2,1-6H3,(H,19,24)/b20-18-. The van der Waals surface area contributed by atoms with Crippen molar-refractivity contribution in [2.45, 2.75) is 39.7 Å². The van der Waals surface area contributed by atoms with Crippen LogP contribution >= 0.6 is 11.8 Å². The van der Waals surface area contributed by atoms with Gasteiger partial charge < -0.3 is 10.2 Å². The van der Waals surface area contributed by atoms with E-state index in [1.54, 1.807) is 4.90 Å². The van der Waals surface area contributed by atoms with Crippen LogP contribution in [0.15, 0.2) is 23.2 Å². The zero-order valence-electron chi connectivity index (χ0n) is 15.7. The molecular formula is C18H26N4O2S. The lowest BCUT2D eigenvalue weighted by atomic mass is 9.99. The Morgan fingerprint density at radius 2 is 1.96 bits per heavy atom. The van der Waals surface area contributed by atoms with Crippen LogP contribution in [0.4, 0.5) is 16.2 Å². The Labute approximate surface area is 153 Å². The Balaban J connectivity index is 2.49. The van der Waals surface area contributed by atoms with E-state index >= 15 is 0 Å². The van der Waals surface area contributed by atoms with Gasteiger partial charge in [-0.05, 0) is 37.5 Å². The number of urea groups is 1. The summed E-state index contributed by atoms with van der Waals surface area (Å²) in [6, 6.07) is 5.63. The highest BCUT2D eigenvalue weighted by molar-refractivity contribution is 8.15. The summed E-state index contributed by atoms with van der Waals surface area (Å²) < 4.78 is 0. The number of rotatable bonds is 4. The van der Waals surface area contributed by atoms with Crippen LogP contribution in [0.25, 0.3) is 0 Å². The molecular weight excluding hydrogens is 336 g/mol. The predicted octanol–water partition coefficient (Wildman–Crippen LogP) is 3.43. The second-order valence-electron chi connectivity index (χ2n) is 6.81. The predicted molar refractivity (Wildman–Crippen MR) is 106 cm³/mol. The Bertz CT molecular complexity index is 698. The van der Waals surface area contributed by atoms with Gasteiger partial charge in [-0.2, -0.15) is 4.99 Å². The Kier molecular flexibility index (Phi) is 6.11. The lowest BCUT2D eigenvalue weighted by Gasteiger charge is -2.24. The van der Waals surface area contributed by atoms with Crippen LogP contribution in [0.3, 0.4) is 0 Å². The van der Waals surface area contributed by atoms with Crippen LogP contribution in [0.2, 0.25) is 0 Å². The SMILES string of the molecule is CC(C)NC(=O)/N=C1\SCC(=O)N1c1cc(N(C)C)ccc1C(C)C. The van der Waals surface area contributed by atoms with Crippen molar-refractivity contribution in [2.24, 2.45) is 4.99 Å². The molecule has 0 spiro atoms. The smallest absolute Gasteiger partial charge is 0.343 e. The second kappa shape index (κ2) is 7.91. The molecule has 1 aliphatic heterocycles. The molecule has 0 radical (unpaired) electrons. The van der Waals surface area contributed by atoms with Crippen molar-refractivity contribution in [3.63, 3.8) is 0 Å². The van der Waals surface area contributed by atoms with E-state index in [0.717, 1.165) is 16.9 Å².